The monoisotopic (exact) mass is 276 g/mol. The lowest BCUT2D eigenvalue weighted by molar-refractivity contribution is 0.0588. The number of aryl methyl sites for hydroxylation is 1. The van der Waals surface area contributed by atoms with Gasteiger partial charge < -0.3 is 15.0 Å². The Kier molecular flexibility index (Phi) is 4.53. The van der Waals surface area contributed by atoms with Crippen LogP contribution in [0.5, 0.6) is 0 Å². The summed E-state index contributed by atoms with van der Waals surface area (Å²) in [5.74, 6) is 0. The molecule has 0 aliphatic heterocycles. The summed E-state index contributed by atoms with van der Waals surface area (Å²) < 4.78 is 5.88. The van der Waals surface area contributed by atoms with Crippen LogP contribution in [0.1, 0.15) is 55.8 Å². The second-order valence-corrected chi connectivity index (χ2v) is 5.93. The van der Waals surface area contributed by atoms with E-state index in [-0.39, 0.29) is 5.56 Å². The van der Waals surface area contributed by atoms with Crippen molar-refractivity contribution in [2.75, 3.05) is 13.2 Å². The summed E-state index contributed by atoms with van der Waals surface area (Å²) in [6, 6.07) is 3.97. The van der Waals surface area contributed by atoms with Gasteiger partial charge in [0.15, 0.2) is 0 Å². The largest absolute Gasteiger partial charge is 0.377 e. The summed E-state index contributed by atoms with van der Waals surface area (Å²) in [6.45, 7) is 1.68. The van der Waals surface area contributed by atoms with Gasteiger partial charge in [0.25, 0.3) is 0 Å². The maximum absolute atomic E-state index is 11.4. The van der Waals surface area contributed by atoms with Crippen LogP contribution in [0, 0.1) is 0 Å². The van der Waals surface area contributed by atoms with Gasteiger partial charge in [0, 0.05) is 24.3 Å². The third-order valence-corrected chi connectivity index (χ3v) is 4.48. The lowest BCUT2D eigenvalue weighted by Gasteiger charge is -2.26. The number of nitrogens with one attached hydrogen (secondary N) is 2. The molecule has 1 atom stereocenters. The number of ether oxygens (including phenoxy) is 1. The molecule has 1 aromatic rings. The van der Waals surface area contributed by atoms with Crippen LogP contribution in [-0.2, 0) is 11.2 Å². The second-order valence-electron chi connectivity index (χ2n) is 5.93. The Morgan fingerprint density at radius 2 is 2.05 bits per heavy atom. The average molecular weight is 276 g/mol. The van der Waals surface area contributed by atoms with Crippen LogP contribution in [0.15, 0.2) is 16.9 Å². The third kappa shape index (κ3) is 3.30. The Bertz CT molecular complexity index is 491. The van der Waals surface area contributed by atoms with Crippen molar-refractivity contribution < 1.29 is 4.74 Å². The van der Waals surface area contributed by atoms with Gasteiger partial charge in [-0.1, -0.05) is 18.9 Å². The zero-order chi connectivity index (χ0) is 13.8. The van der Waals surface area contributed by atoms with Gasteiger partial charge in [0.1, 0.15) is 0 Å². The Balaban J connectivity index is 1.50. The molecule has 20 heavy (non-hydrogen) atoms. The van der Waals surface area contributed by atoms with Crippen molar-refractivity contribution in [2.24, 2.45) is 0 Å². The van der Waals surface area contributed by atoms with Crippen molar-refractivity contribution in [1.29, 1.82) is 0 Å². The summed E-state index contributed by atoms with van der Waals surface area (Å²) >= 11 is 0. The highest BCUT2D eigenvalue weighted by Crippen LogP contribution is 2.27. The standard InChI is InChI=1S/C16H24N2O2/c19-16-9-8-13-14(6-3-7-15(13)18-16)17-10-11-20-12-4-1-2-5-12/h8-9,12,14,17H,1-7,10-11H2,(H,18,19). The van der Waals surface area contributed by atoms with E-state index >= 15 is 0 Å². The molecule has 4 nitrogen and oxygen atoms in total. The maximum Gasteiger partial charge on any atom is 0.248 e. The van der Waals surface area contributed by atoms with E-state index in [2.05, 4.69) is 10.3 Å². The van der Waals surface area contributed by atoms with E-state index < -0.39 is 0 Å². The normalized spacial score (nSPS) is 22.9. The van der Waals surface area contributed by atoms with Crippen molar-refractivity contribution >= 4 is 0 Å². The molecule has 0 saturated heterocycles. The molecule has 1 heterocycles. The van der Waals surface area contributed by atoms with E-state index in [1.807, 2.05) is 6.07 Å². The molecule has 3 rings (SSSR count). The van der Waals surface area contributed by atoms with Gasteiger partial charge in [-0.3, -0.25) is 4.79 Å². The summed E-state index contributed by atoms with van der Waals surface area (Å²) in [7, 11) is 0. The van der Waals surface area contributed by atoms with E-state index in [9.17, 15) is 4.79 Å². The molecule has 1 aromatic heterocycles. The Morgan fingerprint density at radius 1 is 1.20 bits per heavy atom. The molecule has 0 spiro atoms. The van der Waals surface area contributed by atoms with Gasteiger partial charge in [0.05, 0.1) is 12.7 Å². The molecular weight excluding hydrogens is 252 g/mol. The average Bonchev–Trinajstić information content (AvgIpc) is 2.96. The highest BCUT2D eigenvalue weighted by Gasteiger charge is 2.20. The second kappa shape index (κ2) is 6.55. The quantitative estimate of drug-likeness (QED) is 0.811. The fourth-order valence-electron chi connectivity index (χ4n) is 3.43. The number of hydrogen-bond donors (Lipinski definition) is 2. The molecule has 2 aliphatic carbocycles. The third-order valence-electron chi connectivity index (χ3n) is 4.48. The maximum atomic E-state index is 11.4. The summed E-state index contributed by atoms with van der Waals surface area (Å²) in [6.07, 6.45) is 8.86. The van der Waals surface area contributed by atoms with Crippen molar-refractivity contribution in [3.05, 3.63) is 33.7 Å². The first kappa shape index (κ1) is 13.8. The van der Waals surface area contributed by atoms with Gasteiger partial charge in [-0.25, -0.2) is 0 Å². The molecule has 0 bridgehead atoms. The number of aromatic nitrogens is 1. The summed E-state index contributed by atoms with van der Waals surface area (Å²) in [5.41, 5.74) is 2.38. The Hall–Kier alpha value is -1.13. The van der Waals surface area contributed by atoms with Gasteiger partial charge in [0.2, 0.25) is 5.56 Å². The van der Waals surface area contributed by atoms with Crippen LogP contribution in [0.3, 0.4) is 0 Å². The molecular formula is C16H24N2O2. The number of fused-ring (bicyclic) bond motifs is 1. The van der Waals surface area contributed by atoms with E-state index in [1.54, 1.807) is 6.07 Å². The van der Waals surface area contributed by atoms with Gasteiger partial charge in [-0.15, -0.1) is 0 Å². The lowest BCUT2D eigenvalue weighted by Crippen LogP contribution is -2.30. The van der Waals surface area contributed by atoms with Gasteiger partial charge in [-0.2, -0.15) is 0 Å². The predicted molar refractivity (Wildman–Crippen MR) is 79.0 cm³/mol. The number of pyridine rings is 1. The van der Waals surface area contributed by atoms with Gasteiger partial charge >= 0.3 is 0 Å². The number of hydrogen-bond acceptors (Lipinski definition) is 3. The molecule has 110 valence electrons. The molecule has 1 fully saturated rings. The van der Waals surface area contributed by atoms with Crippen LogP contribution < -0.4 is 10.9 Å². The van der Waals surface area contributed by atoms with Crippen LogP contribution >= 0.6 is 0 Å². The van der Waals surface area contributed by atoms with Crippen molar-refractivity contribution in [3.63, 3.8) is 0 Å². The first-order valence-electron chi connectivity index (χ1n) is 7.90. The topological polar surface area (TPSA) is 54.1 Å². The summed E-state index contributed by atoms with van der Waals surface area (Å²) in [4.78, 5) is 14.3. The Morgan fingerprint density at radius 3 is 2.90 bits per heavy atom. The molecule has 2 aliphatic rings. The minimum Gasteiger partial charge on any atom is -0.377 e. The van der Waals surface area contributed by atoms with Crippen molar-refractivity contribution in [1.82, 2.24) is 10.3 Å². The summed E-state index contributed by atoms with van der Waals surface area (Å²) in [5, 5.41) is 3.57. The van der Waals surface area contributed by atoms with Crippen LogP contribution in [0.2, 0.25) is 0 Å². The zero-order valence-electron chi connectivity index (χ0n) is 12.0. The number of H-pyrrole nitrogens is 1. The van der Waals surface area contributed by atoms with E-state index in [0.29, 0.717) is 12.1 Å². The van der Waals surface area contributed by atoms with Crippen molar-refractivity contribution in [3.8, 4) is 0 Å². The van der Waals surface area contributed by atoms with E-state index in [0.717, 1.165) is 38.1 Å². The lowest BCUT2D eigenvalue weighted by atomic mass is 9.91. The minimum atomic E-state index is 0.00830. The van der Waals surface area contributed by atoms with E-state index in [4.69, 9.17) is 4.74 Å². The number of rotatable bonds is 5. The molecule has 1 saturated carbocycles. The smallest absolute Gasteiger partial charge is 0.248 e. The van der Waals surface area contributed by atoms with Crippen molar-refractivity contribution in [2.45, 2.75) is 57.1 Å². The highest BCUT2D eigenvalue weighted by atomic mass is 16.5. The van der Waals surface area contributed by atoms with Crippen LogP contribution in [0.4, 0.5) is 0 Å². The molecule has 0 aromatic carbocycles. The zero-order valence-corrected chi connectivity index (χ0v) is 12.0. The van der Waals surface area contributed by atoms with E-state index in [1.165, 1.54) is 31.2 Å². The molecule has 2 N–H and O–H groups in total. The minimum absolute atomic E-state index is 0.00830. The molecule has 0 radical (unpaired) electrons. The van der Waals surface area contributed by atoms with Gasteiger partial charge in [-0.05, 0) is 37.7 Å². The predicted octanol–water partition coefficient (Wildman–Crippen LogP) is 2.30. The van der Waals surface area contributed by atoms with Crippen LogP contribution in [-0.4, -0.2) is 24.2 Å². The molecule has 1 unspecified atom stereocenters. The van der Waals surface area contributed by atoms with Crippen LogP contribution in [0.25, 0.3) is 0 Å². The molecule has 0 amide bonds. The number of aromatic amines is 1. The highest BCUT2D eigenvalue weighted by molar-refractivity contribution is 5.26. The fourth-order valence-corrected chi connectivity index (χ4v) is 3.43. The fraction of sp³-hybridized carbons (Fsp3) is 0.688. The Labute approximate surface area is 119 Å². The molecule has 4 heteroatoms. The SMILES string of the molecule is O=c1ccc2c([nH]1)CCCC2NCCOC1CCCC1. The first-order valence-corrected chi connectivity index (χ1v) is 7.90. The first-order chi connectivity index (χ1) is 9.83.